The maximum Gasteiger partial charge on any atom is 0.133 e. The second kappa shape index (κ2) is 4.15. The summed E-state index contributed by atoms with van der Waals surface area (Å²) in [5.41, 5.74) is 1.03. The molecule has 1 saturated carbocycles. The molecule has 2 nitrogen and oxygen atoms in total. The molecule has 0 bridgehead atoms. The lowest BCUT2D eigenvalue weighted by Crippen LogP contribution is -2.25. The van der Waals surface area contributed by atoms with E-state index in [4.69, 9.17) is 0 Å². The summed E-state index contributed by atoms with van der Waals surface area (Å²) in [6.45, 7) is 0.119. The number of hydrogen-bond donors (Lipinski definition) is 1. The molecule has 2 rings (SSSR count). The fourth-order valence-electron chi connectivity index (χ4n) is 2.37. The summed E-state index contributed by atoms with van der Waals surface area (Å²) in [7, 11) is 0. The zero-order chi connectivity index (χ0) is 10.7. The molecule has 1 atom stereocenters. The van der Waals surface area contributed by atoms with Gasteiger partial charge in [-0.1, -0.05) is 30.3 Å². The summed E-state index contributed by atoms with van der Waals surface area (Å²) in [5.74, 6) is 0.292. The lowest BCUT2D eigenvalue weighted by Gasteiger charge is -2.25. The summed E-state index contributed by atoms with van der Waals surface area (Å²) < 4.78 is 0. The Labute approximate surface area is 89.9 Å². The van der Waals surface area contributed by atoms with Gasteiger partial charge in [0.15, 0.2) is 0 Å². The van der Waals surface area contributed by atoms with Gasteiger partial charge in [-0.3, -0.25) is 4.79 Å². The Balaban J connectivity index is 2.12. The van der Waals surface area contributed by atoms with Crippen molar-refractivity contribution in [3.05, 3.63) is 35.9 Å². The SMILES string of the molecule is O=C1CCC(CO)(Cc2ccccc2)C1. The normalized spacial score (nSPS) is 25.8. The highest BCUT2D eigenvalue weighted by Gasteiger charge is 2.37. The summed E-state index contributed by atoms with van der Waals surface area (Å²) in [6.07, 6.45) is 2.82. The maximum absolute atomic E-state index is 11.3. The van der Waals surface area contributed by atoms with Gasteiger partial charge >= 0.3 is 0 Å². The van der Waals surface area contributed by atoms with Crippen molar-refractivity contribution >= 4 is 5.78 Å². The molecule has 1 fully saturated rings. The van der Waals surface area contributed by atoms with Crippen molar-refractivity contribution < 1.29 is 9.90 Å². The van der Waals surface area contributed by atoms with E-state index in [0.717, 1.165) is 12.8 Å². The van der Waals surface area contributed by atoms with Crippen LogP contribution in [0, 0.1) is 5.41 Å². The molecule has 1 aromatic carbocycles. The van der Waals surface area contributed by atoms with Crippen LogP contribution in [0.3, 0.4) is 0 Å². The molecule has 1 aliphatic rings. The second-order valence-electron chi connectivity index (χ2n) is 4.54. The highest BCUT2D eigenvalue weighted by atomic mass is 16.3. The van der Waals surface area contributed by atoms with E-state index in [1.807, 2.05) is 18.2 Å². The number of carbonyl (C=O) groups is 1. The highest BCUT2D eigenvalue weighted by molar-refractivity contribution is 5.81. The largest absolute Gasteiger partial charge is 0.396 e. The molecule has 80 valence electrons. The minimum atomic E-state index is -0.182. The standard InChI is InChI=1S/C13H16O2/c14-10-13(7-6-12(15)9-13)8-11-4-2-1-3-5-11/h1-5,14H,6-10H2. The van der Waals surface area contributed by atoms with E-state index in [1.165, 1.54) is 5.56 Å². The van der Waals surface area contributed by atoms with Gasteiger partial charge in [-0.15, -0.1) is 0 Å². The fraction of sp³-hybridized carbons (Fsp3) is 0.462. The smallest absolute Gasteiger partial charge is 0.133 e. The summed E-state index contributed by atoms with van der Waals surface area (Å²) in [5, 5.41) is 9.44. The highest BCUT2D eigenvalue weighted by Crippen LogP contribution is 2.38. The van der Waals surface area contributed by atoms with Gasteiger partial charge in [-0.05, 0) is 18.4 Å². The predicted molar refractivity (Wildman–Crippen MR) is 58.5 cm³/mol. The van der Waals surface area contributed by atoms with E-state index in [9.17, 15) is 9.90 Å². The third-order valence-corrected chi connectivity index (χ3v) is 3.26. The first-order valence-electron chi connectivity index (χ1n) is 5.41. The lowest BCUT2D eigenvalue weighted by molar-refractivity contribution is -0.118. The van der Waals surface area contributed by atoms with Gasteiger partial charge in [0.05, 0.1) is 0 Å². The van der Waals surface area contributed by atoms with Gasteiger partial charge in [0, 0.05) is 24.9 Å². The molecule has 0 amide bonds. The Kier molecular flexibility index (Phi) is 2.87. The molecule has 15 heavy (non-hydrogen) atoms. The van der Waals surface area contributed by atoms with Crippen LogP contribution in [-0.2, 0) is 11.2 Å². The van der Waals surface area contributed by atoms with Gasteiger partial charge < -0.3 is 5.11 Å². The topological polar surface area (TPSA) is 37.3 Å². The molecule has 1 aliphatic carbocycles. The quantitative estimate of drug-likeness (QED) is 0.817. The summed E-state index contributed by atoms with van der Waals surface area (Å²) in [6, 6.07) is 10.1. The number of rotatable bonds is 3. The molecule has 1 N–H and O–H groups in total. The maximum atomic E-state index is 11.3. The van der Waals surface area contributed by atoms with Gasteiger partial charge in [0.25, 0.3) is 0 Å². The molecular weight excluding hydrogens is 188 g/mol. The van der Waals surface area contributed by atoms with Crippen LogP contribution in [0.25, 0.3) is 0 Å². The Morgan fingerprint density at radius 2 is 2.00 bits per heavy atom. The van der Waals surface area contributed by atoms with Crippen molar-refractivity contribution in [2.75, 3.05) is 6.61 Å². The van der Waals surface area contributed by atoms with E-state index in [-0.39, 0.29) is 12.0 Å². The first-order valence-corrected chi connectivity index (χ1v) is 5.41. The van der Waals surface area contributed by atoms with Crippen LogP contribution < -0.4 is 0 Å². The molecule has 0 saturated heterocycles. The van der Waals surface area contributed by atoms with E-state index in [1.54, 1.807) is 0 Å². The molecule has 2 heteroatoms. The van der Waals surface area contributed by atoms with Gasteiger partial charge in [0.2, 0.25) is 0 Å². The minimum Gasteiger partial charge on any atom is -0.396 e. The molecule has 1 aromatic rings. The Hall–Kier alpha value is -1.15. The molecule has 0 heterocycles. The monoisotopic (exact) mass is 204 g/mol. The minimum absolute atomic E-state index is 0.119. The molecular formula is C13H16O2. The van der Waals surface area contributed by atoms with Crippen LogP contribution >= 0.6 is 0 Å². The molecule has 0 aliphatic heterocycles. The number of Topliss-reactive ketones (excluding diaryl/α,β-unsaturated/α-hetero) is 1. The molecule has 1 unspecified atom stereocenters. The van der Waals surface area contributed by atoms with Crippen molar-refractivity contribution in [2.45, 2.75) is 25.7 Å². The average molecular weight is 204 g/mol. The van der Waals surface area contributed by atoms with Crippen LogP contribution in [0.5, 0.6) is 0 Å². The van der Waals surface area contributed by atoms with Gasteiger partial charge in [-0.2, -0.15) is 0 Å². The molecule has 0 aromatic heterocycles. The van der Waals surface area contributed by atoms with Crippen LogP contribution in [0.4, 0.5) is 0 Å². The van der Waals surface area contributed by atoms with E-state index < -0.39 is 0 Å². The summed E-state index contributed by atoms with van der Waals surface area (Å²) >= 11 is 0. The van der Waals surface area contributed by atoms with E-state index >= 15 is 0 Å². The van der Waals surface area contributed by atoms with Gasteiger partial charge in [-0.25, -0.2) is 0 Å². The van der Waals surface area contributed by atoms with Crippen LogP contribution in [0.2, 0.25) is 0 Å². The van der Waals surface area contributed by atoms with Gasteiger partial charge in [0.1, 0.15) is 5.78 Å². The number of benzene rings is 1. The fourth-order valence-corrected chi connectivity index (χ4v) is 2.37. The third kappa shape index (κ3) is 2.26. The van der Waals surface area contributed by atoms with E-state index in [2.05, 4.69) is 12.1 Å². The van der Waals surface area contributed by atoms with Crippen LogP contribution in [-0.4, -0.2) is 17.5 Å². The van der Waals surface area contributed by atoms with Crippen LogP contribution in [0.1, 0.15) is 24.8 Å². The first-order chi connectivity index (χ1) is 7.24. The third-order valence-electron chi connectivity index (χ3n) is 3.26. The average Bonchev–Trinajstić information content (AvgIpc) is 2.62. The number of aliphatic hydroxyl groups is 1. The molecule has 0 spiro atoms. The van der Waals surface area contributed by atoms with Crippen molar-refractivity contribution in [3.63, 3.8) is 0 Å². The number of hydrogen-bond acceptors (Lipinski definition) is 2. The molecule has 0 radical (unpaired) electrons. The lowest BCUT2D eigenvalue weighted by atomic mass is 9.81. The second-order valence-corrected chi connectivity index (χ2v) is 4.54. The zero-order valence-corrected chi connectivity index (χ0v) is 8.78. The van der Waals surface area contributed by atoms with E-state index in [0.29, 0.717) is 18.6 Å². The van der Waals surface area contributed by atoms with Crippen molar-refractivity contribution in [1.29, 1.82) is 0 Å². The number of ketones is 1. The predicted octanol–water partition coefficient (Wildman–Crippen LogP) is 1.96. The Morgan fingerprint density at radius 3 is 2.53 bits per heavy atom. The number of aliphatic hydroxyl groups excluding tert-OH is 1. The Bertz CT molecular complexity index is 345. The number of carbonyl (C=O) groups excluding carboxylic acids is 1. The van der Waals surface area contributed by atoms with Crippen molar-refractivity contribution in [2.24, 2.45) is 5.41 Å². The van der Waals surface area contributed by atoms with Crippen molar-refractivity contribution in [3.8, 4) is 0 Å². The van der Waals surface area contributed by atoms with Crippen molar-refractivity contribution in [1.82, 2.24) is 0 Å². The first kappa shape index (κ1) is 10.4. The summed E-state index contributed by atoms with van der Waals surface area (Å²) in [4.78, 5) is 11.3. The van der Waals surface area contributed by atoms with Crippen LogP contribution in [0.15, 0.2) is 30.3 Å². The Morgan fingerprint density at radius 1 is 1.27 bits per heavy atom. The zero-order valence-electron chi connectivity index (χ0n) is 8.78.